The molecule has 26 heavy (non-hydrogen) atoms. The number of carbonyl (C=O) groups is 1. The Morgan fingerprint density at radius 3 is 2.50 bits per heavy atom. The van der Waals surface area contributed by atoms with Crippen LogP contribution in [-0.2, 0) is 9.53 Å². The number of unbranched alkanes of at least 4 members (excludes halogenated alkanes) is 1. The molecule has 1 atom stereocenters. The van der Waals surface area contributed by atoms with Gasteiger partial charge in [-0.25, -0.2) is 0 Å². The minimum absolute atomic E-state index is 0.104. The van der Waals surface area contributed by atoms with Crippen molar-refractivity contribution in [3.05, 3.63) is 24.3 Å². The van der Waals surface area contributed by atoms with Gasteiger partial charge in [0.1, 0.15) is 11.4 Å². The predicted molar refractivity (Wildman–Crippen MR) is 106 cm³/mol. The van der Waals surface area contributed by atoms with Crippen LogP contribution in [0.5, 0.6) is 5.75 Å². The first-order valence-corrected chi connectivity index (χ1v) is 9.89. The van der Waals surface area contributed by atoms with Crippen molar-refractivity contribution < 1.29 is 14.3 Å². The van der Waals surface area contributed by atoms with E-state index in [-0.39, 0.29) is 5.91 Å². The summed E-state index contributed by atoms with van der Waals surface area (Å²) in [4.78, 5) is 15.0. The lowest BCUT2D eigenvalue weighted by molar-refractivity contribution is -0.136. The third-order valence-corrected chi connectivity index (χ3v) is 5.14. The number of nitrogens with one attached hydrogen (secondary N) is 1. The van der Waals surface area contributed by atoms with E-state index in [0.717, 1.165) is 43.9 Å². The van der Waals surface area contributed by atoms with Gasteiger partial charge in [0.2, 0.25) is 0 Å². The number of hydrogen-bond donors (Lipinski definition) is 1. The van der Waals surface area contributed by atoms with E-state index in [1.807, 2.05) is 31.2 Å². The third kappa shape index (κ3) is 6.29. The molecule has 5 heteroatoms. The van der Waals surface area contributed by atoms with Crippen molar-refractivity contribution in [2.45, 2.75) is 58.0 Å². The SMILES string of the molecule is CCCC[C@](C)(OC)C(=O)Nc1ccc(OCCCN2CCCC2)cc1. The number of likely N-dealkylation sites (tertiary alicyclic amines) is 1. The number of anilines is 1. The number of hydrogen-bond acceptors (Lipinski definition) is 4. The molecular formula is C21H34N2O3. The van der Waals surface area contributed by atoms with Gasteiger partial charge in [-0.3, -0.25) is 4.79 Å². The van der Waals surface area contributed by atoms with E-state index in [1.165, 1.54) is 25.9 Å². The summed E-state index contributed by atoms with van der Waals surface area (Å²) in [7, 11) is 1.59. The maximum Gasteiger partial charge on any atom is 0.256 e. The van der Waals surface area contributed by atoms with Crippen molar-refractivity contribution >= 4 is 11.6 Å². The molecule has 146 valence electrons. The van der Waals surface area contributed by atoms with E-state index in [9.17, 15) is 4.79 Å². The van der Waals surface area contributed by atoms with Crippen LogP contribution in [0.15, 0.2) is 24.3 Å². The largest absolute Gasteiger partial charge is 0.494 e. The zero-order valence-electron chi connectivity index (χ0n) is 16.6. The Balaban J connectivity index is 1.76. The highest BCUT2D eigenvalue weighted by molar-refractivity contribution is 5.97. The first-order valence-electron chi connectivity index (χ1n) is 9.89. The molecule has 0 spiro atoms. The van der Waals surface area contributed by atoms with Gasteiger partial charge >= 0.3 is 0 Å². The molecule has 0 unspecified atom stereocenters. The molecule has 0 aromatic heterocycles. The van der Waals surface area contributed by atoms with Crippen LogP contribution < -0.4 is 10.1 Å². The third-order valence-electron chi connectivity index (χ3n) is 5.14. The fourth-order valence-electron chi connectivity index (χ4n) is 3.20. The van der Waals surface area contributed by atoms with Crippen LogP contribution >= 0.6 is 0 Å². The van der Waals surface area contributed by atoms with Crippen molar-refractivity contribution in [1.29, 1.82) is 0 Å². The van der Waals surface area contributed by atoms with Crippen molar-refractivity contribution in [1.82, 2.24) is 4.90 Å². The maximum atomic E-state index is 12.5. The lowest BCUT2D eigenvalue weighted by Gasteiger charge is -2.26. The molecule has 5 nitrogen and oxygen atoms in total. The lowest BCUT2D eigenvalue weighted by Crippen LogP contribution is -2.41. The van der Waals surface area contributed by atoms with Gasteiger partial charge in [-0.2, -0.15) is 0 Å². The van der Waals surface area contributed by atoms with Crippen LogP contribution in [0.2, 0.25) is 0 Å². The summed E-state index contributed by atoms with van der Waals surface area (Å²) in [5.41, 5.74) is -0.0278. The molecule has 0 saturated carbocycles. The Morgan fingerprint density at radius 2 is 1.88 bits per heavy atom. The number of methoxy groups -OCH3 is 1. The topological polar surface area (TPSA) is 50.8 Å². The molecule has 1 aliphatic rings. The Labute approximate surface area is 158 Å². The molecule has 1 aliphatic heterocycles. The summed E-state index contributed by atoms with van der Waals surface area (Å²) >= 11 is 0. The monoisotopic (exact) mass is 362 g/mol. The lowest BCUT2D eigenvalue weighted by atomic mass is 9.97. The number of rotatable bonds is 11. The van der Waals surface area contributed by atoms with Crippen LogP contribution in [0, 0.1) is 0 Å². The Hall–Kier alpha value is -1.59. The molecule has 1 heterocycles. The van der Waals surface area contributed by atoms with Crippen molar-refractivity contribution in [3.8, 4) is 5.75 Å². The molecule has 2 rings (SSSR count). The van der Waals surface area contributed by atoms with Crippen molar-refractivity contribution in [2.24, 2.45) is 0 Å². The van der Waals surface area contributed by atoms with Gasteiger partial charge in [0.15, 0.2) is 0 Å². The highest BCUT2D eigenvalue weighted by atomic mass is 16.5. The molecule has 1 aromatic carbocycles. The quantitative estimate of drug-likeness (QED) is 0.603. The van der Waals surface area contributed by atoms with Gasteiger partial charge in [0.25, 0.3) is 5.91 Å². The summed E-state index contributed by atoms with van der Waals surface area (Å²) in [6.45, 7) is 8.25. The second kappa shape index (κ2) is 10.5. The zero-order valence-corrected chi connectivity index (χ0v) is 16.6. The minimum Gasteiger partial charge on any atom is -0.494 e. The molecule has 1 aromatic rings. The summed E-state index contributed by atoms with van der Waals surface area (Å²) in [6.07, 6.45) is 6.41. The van der Waals surface area contributed by atoms with E-state index in [4.69, 9.17) is 9.47 Å². The molecule has 1 N–H and O–H groups in total. The normalized spacial score (nSPS) is 17.0. The second-order valence-electron chi connectivity index (χ2n) is 7.27. The summed E-state index contributed by atoms with van der Waals surface area (Å²) < 4.78 is 11.3. The molecule has 0 aliphatic carbocycles. The van der Waals surface area contributed by atoms with E-state index in [1.54, 1.807) is 7.11 Å². The fraction of sp³-hybridized carbons (Fsp3) is 0.667. The van der Waals surface area contributed by atoms with Crippen molar-refractivity contribution in [3.63, 3.8) is 0 Å². The Morgan fingerprint density at radius 1 is 1.19 bits per heavy atom. The highest BCUT2D eigenvalue weighted by Crippen LogP contribution is 2.22. The molecular weight excluding hydrogens is 328 g/mol. The Kier molecular flexibility index (Phi) is 8.39. The Bertz CT molecular complexity index is 541. The molecule has 1 amide bonds. The van der Waals surface area contributed by atoms with Gasteiger partial charge < -0.3 is 19.7 Å². The van der Waals surface area contributed by atoms with E-state index in [0.29, 0.717) is 6.42 Å². The van der Waals surface area contributed by atoms with Gasteiger partial charge in [0.05, 0.1) is 6.61 Å². The van der Waals surface area contributed by atoms with Crippen LogP contribution in [0.4, 0.5) is 5.69 Å². The van der Waals surface area contributed by atoms with Crippen LogP contribution in [0.3, 0.4) is 0 Å². The minimum atomic E-state index is -0.791. The number of carbonyl (C=O) groups excluding carboxylic acids is 1. The van der Waals surface area contributed by atoms with Crippen LogP contribution in [-0.4, -0.2) is 49.8 Å². The fourth-order valence-corrected chi connectivity index (χ4v) is 3.20. The second-order valence-corrected chi connectivity index (χ2v) is 7.27. The first-order chi connectivity index (χ1) is 12.6. The smallest absolute Gasteiger partial charge is 0.256 e. The van der Waals surface area contributed by atoms with Gasteiger partial charge in [-0.1, -0.05) is 19.8 Å². The maximum absolute atomic E-state index is 12.5. The zero-order chi connectivity index (χ0) is 18.8. The summed E-state index contributed by atoms with van der Waals surface area (Å²) in [6, 6.07) is 7.57. The van der Waals surface area contributed by atoms with E-state index >= 15 is 0 Å². The molecule has 0 radical (unpaired) electrons. The van der Waals surface area contributed by atoms with Gasteiger partial charge in [0, 0.05) is 19.3 Å². The first kappa shape index (κ1) is 20.7. The number of ether oxygens (including phenoxy) is 2. The number of benzene rings is 1. The number of amides is 1. The average molecular weight is 363 g/mol. The molecule has 1 saturated heterocycles. The van der Waals surface area contributed by atoms with Crippen LogP contribution in [0.1, 0.15) is 52.4 Å². The van der Waals surface area contributed by atoms with E-state index in [2.05, 4.69) is 17.1 Å². The summed E-state index contributed by atoms with van der Waals surface area (Å²) in [5, 5.41) is 2.95. The average Bonchev–Trinajstić information content (AvgIpc) is 3.18. The van der Waals surface area contributed by atoms with Crippen LogP contribution in [0.25, 0.3) is 0 Å². The van der Waals surface area contributed by atoms with Gasteiger partial charge in [-0.05, 0) is 70.0 Å². The predicted octanol–water partition coefficient (Wildman–Crippen LogP) is 4.09. The number of nitrogens with zero attached hydrogens (tertiary/aromatic N) is 1. The molecule has 0 bridgehead atoms. The highest BCUT2D eigenvalue weighted by Gasteiger charge is 2.32. The molecule has 1 fully saturated rings. The summed E-state index contributed by atoms with van der Waals surface area (Å²) in [5.74, 6) is 0.734. The van der Waals surface area contributed by atoms with Gasteiger partial charge in [-0.15, -0.1) is 0 Å². The standard InChI is InChI=1S/C21H34N2O3/c1-4-5-13-21(2,25-3)20(24)22-18-9-11-19(12-10-18)26-17-8-16-23-14-6-7-15-23/h9-12H,4-8,13-17H2,1-3H3,(H,22,24)/t21-/m0/s1. The van der Waals surface area contributed by atoms with E-state index < -0.39 is 5.60 Å². The van der Waals surface area contributed by atoms with Crippen molar-refractivity contribution in [2.75, 3.05) is 38.7 Å².